The predicted octanol–water partition coefficient (Wildman–Crippen LogP) is 4.02. The molecule has 0 bridgehead atoms. The molecule has 7 heteroatoms. The molecule has 29 heavy (non-hydrogen) atoms. The van der Waals surface area contributed by atoms with Gasteiger partial charge in [-0.1, -0.05) is 0 Å². The highest BCUT2D eigenvalue weighted by molar-refractivity contribution is 7.14. The van der Waals surface area contributed by atoms with Crippen molar-refractivity contribution in [3.8, 4) is 0 Å². The molecular weight excluding hydrogens is 386 g/mol. The number of fused-ring (bicyclic) bond motifs is 1. The van der Waals surface area contributed by atoms with E-state index in [2.05, 4.69) is 21.3 Å². The number of nitrogens with zero attached hydrogens (tertiary/aromatic N) is 2. The number of piperazine rings is 1. The van der Waals surface area contributed by atoms with Crippen LogP contribution in [0.1, 0.15) is 26.5 Å². The molecule has 1 aliphatic heterocycles. The lowest BCUT2D eigenvalue weighted by molar-refractivity contribution is 0.0747. The van der Waals surface area contributed by atoms with E-state index in [1.807, 2.05) is 23.1 Å². The summed E-state index contributed by atoms with van der Waals surface area (Å²) in [5.74, 6) is 0.0815. The van der Waals surface area contributed by atoms with Crippen molar-refractivity contribution in [2.75, 3.05) is 31.1 Å². The molecule has 3 aromatic heterocycles. The van der Waals surface area contributed by atoms with Gasteiger partial charge in [0.25, 0.3) is 5.91 Å². The Kier molecular flexibility index (Phi) is 4.44. The van der Waals surface area contributed by atoms with Crippen LogP contribution in [0.4, 0.5) is 5.00 Å². The first-order valence-corrected chi connectivity index (χ1v) is 10.4. The molecule has 0 saturated carbocycles. The summed E-state index contributed by atoms with van der Waals surface area (Å²) in [5.41, 5.74) is 1.92. The van der Waals surface area contributed by atoms with Gasteiger partial charge in [0.1, 0.15) is 0 Å². The first-order chi connectivity index (χ1) is 14.2. The van der Waals surface area contributed by atoms with Crippen molar-refractivity contribution < 1.29 is 14.0 Å². The molecule has 1 aromatic carbocycles. The highest BCUT2D eigenvalue weighted by Crippen LogP contribution is 2.25. The van der Waals surface area contributed by atoms with Crippen molar-refractivity contribution in [3.63, 3.8) is 0 Å². The van der Waals surface area contributed by atoms with Gasteiger partial charge in [-0.15, -0.1) is 11.3 Å². The smallest absolute Gasteiger partial charge is 0.253 e. The lowest BCUT2D eigenvalue weighted by atomic mass is 10.0. The molecule has 0 aliphatic carbocycles. The van der Waals surface area contributed by atoms with Gasteiger partial charge in [-0.2, -0.15) is 0 Å². The predicted molar refractivity (Wildman–Crippen MR) is 113 cm³/mol. The summed E-state index contributed by atoms with van der Waals surface area (Å²) in [7, 11) is 0. The number of carbonyl (C=O) groups is 2. The van der Waals surface area contributed by atoms with E-state index in [1.54, 1.807) is 35.7 Å². The molecule has 1 fully saturated rings. The van der Waals surface area contributed by atoms with Crippen LogP contribution in [-0.4, -0.2) is 47.8 Å². The number of aromatic nitrogens is 1. The van der Waals surface area contributed by atoms with Crippen LogP contribution in [0.15, 0.2) is 64.7 Å². The number of hydrogen-bond acceptors (Lipinski definition) is 5. The highest BCUT2D eigenvalue weighted by Gasteiger charge is 2.24. The first kappa shape index (κ1) is 17.8. The van der Waals surface area contributed by atoms with E-state index in [9.17, 15) is 9.59 Å². The molecule has 0 atom stereocenters. The quantitative estimate of drug-likeness (QED) is 0.521. The summed E-state index contributed by atoms with van der Waals surface area (Å²) in [6.07, 6.45) is 3.15. The maximum absolute atomic E-state index is 13.1. The largest absolute Gasteiger partial charge is 0.461 e. The summed E-state index contributed by atoms with van der Waals surface area (Å²) >= 11 is 1.72. The SMILES string of the molecule is O=C(c1ccco1)c1c[nH]c2ccc(C(=O)N3CCN(c4cccs4)CC3)cc12. The molecule has 4 heterocycles. The van der Waals surface area contributed by atoms with Crippen LogP contribution in [0.2, 0.25) is 0 Å². The maximum Gasteiger partial charge on any atom is 0.253 e. The van der Waals surface area contributed by atoms with Crippen LogP contribution in [-0.2, 0) is 0 Å². The number of carbonyl (C=O) groups excluding carboxylic acids is 2. The Labute approximate surface area is 171 Å². The fourth-order valence-electron chi connectivity index (χ4n) is 3.74. The van der Waals surface area contributed by atoms with Crippen LogP contribution in [0.25, 0.3) is 10.9 Å². The lowest BCUT2D eigenvalue weighted by Crippen LogP contribution is -2.48. The zero-order valence-corrected chi connectivity index (χ0v) is 16.4. The minimum atomic E-state index is -0.199. The second kappa shape index (κ2) is 7.25. The molecule has 4 aromatic rings. The molecule has 1 N–H and O–H groups in total. The number of aromatic amines is 1. The van der Waals surface area contributed by atoms with E-state index >= 15 is 0 Å². The molecular formula is C22H19N3O3S. The fourth-order valence-corrected chi connectivity index (χ4v) is 4.53. The number of hydrogen-bond donors (Lipinski definition) is 1. The third-order valence-electron chi connectivity index (χ3n) is 5.30. The van der Waals surface area contributed by atoms with Crippen LogP contribution in [0.5, 0.6) is 0 Å². The van der Waals surface area contributed by atoms with E-state index < -0.39 is 0 Å². The topological polar surface area (TPSA) is 69.5 Å². The van der Waals surface area contributed by atoms with Crippen molar-refractivity contribution >= 4 is 38.9 Å². The molecule has 1 saturated heterocycles. The second-order valence-electron chi connectivity index (χ2n) is 7.00. The summed E-state index contributed by atoms with van der Waals surface area (Å²) in [6.45, 7) is 3.00. The van der Waals surface area contributed by atoms with Gasteiger partial charge >= 0.3 is 0 Å². The lowest BCUT2D eigenvalue weighted by Gasteiger charge is -2.35. The molecule has 0 spiro atoms. The van der Waals surface area contributed by atoms with E-state index in [0.717, 1.165) is 24.0 Å². The van der Waals surface area contributed by atoms with E-state index in [1.165, 1.54) is 11.3 Å². The van der Waals surface area contributed by atoms with Gasteiger partial charge in [0.15, 0.2) is 5.76 Å². The van der Waals surface area contributed by atoms with Crippen molar-refractivity contribution in [2.45, 2.75) is 0 Å². The standard InChI is InChI=1S/C22H19N3O3S/c26-21(19-3-1-11-28-19)17-14-23-18-6-5-15(13-16(17)18)22(27)25-9-7-24(8-10-25)20-4-2-12-29-20/h1-6,11-14,23H,7-10H2. The Hall–Kier alpha value is -3.32. The summed E-state index contributed by atoms with van der Waals surface area (Å²) in [5, 5.41) is 4.04. The monoisotopic (exact) mass is 405 g/mol. The number of amides is 1. The van der Waals surface area contributed by atoms with Crippen molar-refractivity contribution in [1.82, 2.24) is 9.88 Å². The number of furan rings is 1. The minimum Gasteiger partial charge on any atom is -0.461 e. The number of rotatable bonds is 4. The summed E-state index contributed by atoms with van der Waals surface area (Å²) in [6, 6.07) is 13.0. The zero-order chi connectivity index (χ0) is 19.8. The van der Waals surface area contributed by atoms with Crippen molar-refractivity contribution in [1.29, 1.82) is 0 Å². The Morgan fingerprint density at radius 3 is 2.62 bits per heavy atom. The highest BCUT2D eigenvalue weighted by atomic mass is 32.1. The summed E-state index contributed by atoms with van der Waals surface area (Å²) < 4.78 is 5.24. The number of nitrogens with one attached hydrogen (secondary N) is 1. The molecule has 0 unspecified atom stereocenters. The molecule has 0 radical (unpaired) electrons. The number of benzene rings is 1. The average Bonchev–Trinajstić information content (AvgIpc) is 3.54. The molecule has 5 rings (SSSR count). The van der Waals surface area contributed by atoms with Gasteiger partial charge in [0, 0.05) is 48.8 Å². The Balaban J connectivity index is 1.37. The van der Waals surface area contributed by atoms with E-state index in [-0.39, 0.29) is 17.5 Å². The number of anilines is 1. The molecule has 1 aliphatic rings. The van der Waals surface area contributed by atoms with E-state index in [0.29, 0.717) is 24.2 Å². The Morgan fingerprint density at radius 1 is 1.03 bits per heavy atom. The average molecular weight is 405 g/mol. The minimum absolute atomic E-state index is 0.00433. The second-order valence-corrected chi connectivity index (χ2v) is 7.93. The van der Waals surface area contributed by atoms with Crippen LogP contribution >= 0.6 is 11.3 Å². The van der Waals surface area contributed by atoms with Crippen molar-refractivity contribution in [3.05, 3.63) is 77.2 Å². The van der Waals surface area contributed by atoms with Crippen LogP contribution in [0.3, 0.4) is 0 Å². The maximum atomic E-state index is 13.1. The number of H-pyrrole nitrogens is 1. The van der Waals surface area contributed by atoms with Gasteiger partial charge in [-0.25, -0.2) is 0 Å². The Bertz CT molecular complexity index is 1150. The van der Waals surface area contributed by atoms with Gasteiger partial charge < -0.3 is 19.2 Å². The molecule has 1 amide bonds. The number of ketones is 1. The summed E-state index contributed by atoms with van der Waals surface area (Å²) in [4.78, 5) is 33.1. The van der Waals surface area contributed by atoms with Gasteiger partial charge in [-0.05, 0) is 47.8 Å². The van der Waals surface area contributed by atoms with Crippen molar-refractivity contribution in [2.24, 2.45) is 0 Å². The normalized spacial score (nSPS) is 14.5. The first-order valence-electron chi connectivity index (χ1n) is 9.48. The molecule has 146 valence electrons. The zero-order valence-electron chi connectivity index (χ0n) is 15.6. The third-order valence-corrected chi connectivity index (χ3v) is 6.23. The van der Waals surface area contributed by atoms with Gasteiger partial charge in [0.2, 0.25) is 5.78 Å². The molecule has 6 nitrogen and oxygen atoms in total. The van der Waals surface area contributed by atoms with Gasteiger partial charge in [0.05, 0.1) is 16.8 Å². The number of thiophene rings is 1. The van der Waals surface area contributed by atoms with Crippen LogP contribution < -0.4 is 4.90 Å². The van der Waals surface area contributed by atoms with E-state index in [4.69, 9.17) is 4.42 Å². The third kappa shape index (κ3) is 3.23. The fraction of sp³-hybridized carbons (Fsp3) is 0.182. The van der Waals surface area contributed by atoms with Gasteiger partial charge in [-0.3, -0.25) is 9.59 Å². The Morgan fingerprint density at radius 2 is 1.90 bits per heavy atom. The van der Waals surface area contributed by atoms with Crippen LogP contribution in [0, 0.1) is 0 Å².